The topological polar surface area (TPSA) is 69.6 Å². The molecule has 0 saturated heterocycles. The van der Waals surface area contributed by atoms with Crippen LogP contribution in [0.3, 0.4) is 0 Å². The van der Waals surface area contributed by atoms with Gasteiger partial charge in [-0.05, 0) is 42.7 Å². The van der Waals surface area contributed by atoms with Gasteiger partial charge < -0.3 is 15.3 Å². The molecule has 5 nitrogen and oxygen atoms in total. The van der Waals surface area contributed by atoms with E-state index in [2.05, 4.69) is 17.5 Å². The smallest absolute Gasteiger partial charge is 0.323 e. The Bertz CT molecular complexity index is 600. The van der Waals surface area contributed by atoms with E-state index < -0.39 is 5.97 Å². The molecule has 2 bridgehead atoms. The number of carbonyl (C=O) groups is 2. The molecule has 0 aromatic heterocycles. The van der Waals surface area contributed by atoms with Crippen LogP contribution < -0.4 is 10.2 Å². The summed E-state index contributed by atoms with van der Waals surface area (Å²) in [5.41, 5.74) is 0.743. The second-order valence-corrected chi connectivity index (χ2v) is 6.43. The first-order chi connectivity index (χ1) is 11.1. The van der Waals surface area contributed by atoms with Gasteiger partial charge in [-0.25, -0.2) is 0 Å². The average Bonchev–Trinajstić information content (AvgIpc) is 3.15. The van der Waals surface area contributed by atoms with Crippen molar-refractivity contribution in [3.63, 3.8) is 0 Å². The van der Waals surface area contributed by atoms with Crippen LogP contribution in [0.25, 0.3) is 0 Å². The summed E-state index contributed by atoms with van der Waals surface area (Å²) in [5, 5.41) is 12.0. The van der Waals surface area contributed by atoms with Crippen LogP contribution in [0.15, 0.2) is 42.5 Å². The second kappa shape index (κ2) is 6.86. The molecular weight excluding hydrogens is 292 g/mol. The number of nitrogens with one attached hydrogen (secondary N) is 1. The van der Waals surface area contributed by atoms with Gasteiger partial charge in [0, 0.05) is 12.2 Å². The van der Waals surface area contributed by atoms with Crippen molar-refractivity contribution in [2.75, 3.05) is 24.5 Å². The molecule has 2 aliphatic carbocycles. The number of aliphatic carboxylic acids is 1. The van der Waals surface area contributed by atoms with Crippen molar-refractivity contribution < 1.29 is 14.7 Å². The van der Waals surface area contributed by atoms with Gasteiger partial charge in [0.1, 0.15) is 6.54 Å². The van der Waals surface area contributed by atoms with Gasteiger partial charge in [-0.15, -0.1) is 0 Å². The number of fused-ring (bicyclic) bond motifs is 2. The van der Waals surface area contributed by atoms with Crippen LogP contribution in [0.4, 0.5) is 5.69 Å². The van der Waals surface area contributed by atoms with E-state index in [1.165, 1.54) is 6.42 Å². The summed E-state index contributed by atoms with van der Waals surface area (Å²) >= 11 is 0. The molecule has 5 heteroatoms. The number of carboxylic acids is 1. The van der Waals surface area contributed by atoms with E-state index in [0.29, 0.717) is 24.3 Å². The third-order valence-corrected chi connectivity index (χ3v) is 4.76. The Labute approximate surface area is 136 Å². The fourth-order valence-electron chi connectivity index (χ4n) is 3.64. The molecule has 1 fully saturated rings. The van der Waals surface area contributed by atoms with Crippen molar-refractivity contribution in [3.05, 3.63) is 42.5 Å². The largest absolute Gasteiger partial charge is 0.480 e. The van der Waals surface area contributed by atoms with Gasteiger partial charge in [-0.3, -0.25) is 9.59 Å². The van der Waals surface area contributed by atoms with Gasteiger partial charge in [0.2, 0.25) is 5.91 Å². The van der Waals surface area contributed by atoms with E-state index in [9.17, 15) is 9.59 Å². The molecule has 3 unspecified atom stereocenters. The molecule has 0 heterocycles. The van der Waals surface area contributed by atoms with Gasteiger partial charge in [-0.2, -0.15) is 0 Å². The third-order valence-electron chi connectivity index (χ3n) is 4.76. The summed E-state index contributed by atoms with van der Waals surface area (Å²) in [6.45, 7) is 0.557. The van der Waals surface area contributed by atoms with Gasteiger partial charge >= 0.3 is 5.97 Å². The second-order valence-electron chi connectivity index (χ2n) is 6.43. The van der Waals surface area contributed by atoms with Crippen molar-refractivity contribution in [1.82, 2.24) is 5.32 Å². The molecule has 0 aliphatic heterocycles. The Morgan fingerprint density at radius 3 is 2.52 bits per heavy atom. The SMILES string of the molecule is O=C(O)CN(CC(=O)NCC1CC2C=CC1C2)c1ccccc1. The summed E-state index contributed by atoms with van der Waals surface area (Å²) in [4.78, 5) is 24.8. The van der Waals surface area contributed by atoms with E-state index in [1.807, 2.05) is 30.3 Å². The van der Waals surface area contributed by atoms with Gasteiger partial charge in [0.25, 0.3) is 0 Å². The Morgan fingerprint density at radius 1 is 1.13 bits per heavy atom. The first kappa shape index (κ1) is 15.6. The van der Waals surface area contributed by atoms with Crippen molar-refractivity contribution in [1.29, 1.82) is 0 Å². The molecule has 2 aliphatic rings. The maximum Gasteiger partial charge on any atom is 0.323 e. The Morgan fingerprint density at radius 2 is 1.91 bits per heavy atom. The zero-order valence-corrected chi connectivity index (χ0v) is 13.0. The number of hydrogen-bond donors (Lipinski definition) is 2. The number of hydrogen-bond acceptors (Lipinski definition) is 3. The molecular formula is C18H22N2O3. The fraction of sp³-hybridized carbons (Fsp3) is 0.444. The highest BCUT2D eigenvalue weighted by molar-refractivity contribution is 5.84. The summed E-state index contributed by atoms with van der Waals surface area (Å²) in [6, 6.07) is 9.17. The lowest BCUT2D eigenvalue weighted by Gasteiger charge is -2.23. The van der Waals surface area contributed by atoms with E-state index >= 15 is 0 Å². The fourth-order valence-corrected chi connectivity index (χ4v) is 3.64. The first-order valence-corrected chi connectivity index (χ1v) is 8.08. The van der Waals surface area contributed by atoms with Gasteiger partial charge in [0.15, 0.2) is 0 Å². The van der Waals surface area contributed by atoms with E-state index in [0.717, 1.165) is 12.1 Å². The zero-order valence-electron chi connectivity index (χ0n) is 13.0. The molecule has 1 aromatic rings. The van der Waals surface area contributed by atoms with E-state index in [1.54, 1.807) is 4.90 Å². The Hall–Kier alpha value is -2.30. The molecule has 122 valence electrons. The Balaban J connectivity index is 1.53. The maximum atomic E-state index is 12.2. The molecule has 3 rings (SSSR count). The minimum Gasteiger partial charge on any atom is -0.480 e. The summed E-state index contributed by atoms with van der Waals surface area (Å²) in [7, 11) is 0. The molecule has 0 radical (unpaired) electrons. The number of rotatable bonds is 7. The molecule has 2 N–H and O–H groups in total. The number of carbonyl (C=O) groups excluding carboxylic acids is 1. The van der Waals surface area contributed by atoms with E-state index in [-0.39, 0.29) is 19.0 Å². The monoisotopic (exact) mass is 314 g/mol. The number of anilines is 1. The van der Waals surface area contributed by atoms with Crippen LogP contribution in [0.1, 0.15) is 12.8 Å². The minimum atomic E-state index is -0.945. The molecule has 1 aromatic carbocycles. The third kappa shape index (κ3) is 3.92. The molecule has 1 saturated carbocycles. The number of carboxylic acid groups (broad SMARTS) is 1. The lowest BCUT2D eigenvalue weighted by atomic mass is 9.94. The number of benzene rings is 1. The van der Waals surface area contributed by atoms with Crippen LogP contribution in [0.2, 0.25) is 0 Å². The van der Waals surface area contributed by atoms with Crippen LogP contribution in [-0.4, -0.2) is 36.6 Å². The summed E-state index contributed by atoms with van der Waals surface area (Å²) in [6.07, 6.45) is 6.92. The Kier molecular flexibility index (Phi) is 4.65. The highest BCUT2D eigenvalue weighted by Gasteiger charge is 2.35. The zero-order chi connectivity index (χ0) is 16.2. The normalized spacial score (nSPS) is 24.6. The standard InChI is InChI=1S/C18H22N2O3/c21-17(19-10-15-9-13-6-7-14(15)8-13)11-20(12-18(22)23)16-4-2-1-3-5-16/h1-7,13-15H,8-12H2,(H,19,21)(H,22,23). The number of para-hydroxylation sites is 1. The summed E-state index contributed by atoms with van der Waals surface area (Å²) < 4.78 is 0. The number of allylic oxidation sites excluding steroid dienone is 2. The highest BCUT2D eigenvalue weighted by Crippen LogP contribution is 2.42. The van der Waals surface area contributed by atoms with Crippen LogP contribution >= 0.6 is 0 Å². The number of nitrogens with zero attached hydrogens (tertiary/aromatic N) is 1. The van der Waals surface area contributed by atoms with Crippen LogP contribution in [-0.2, 0) is 9.59 Å². The quantitative estimate of drug-likeness (QED) is 0.754. The predicted octanol–water partition coefficient (Wildman–Crippen LogP) is 1.91. The van der Waals surface area contributed by atoms with Gasteiger partial charge in [0.05, 0.1) is 6.54 Å². The lowest BCUT2D eigenvalue weighted by molar-refractivity contribution is -0.135. The van der Waals surface area contributed by atoms with E-state index in [4.69, 9.17) is 5.11 Å². The maximum absolute atomic E-state index is 12.2. The van der Waals surface area contributed by atoms with Crippen molar-refractivity contribution >= 4 is 17.6 Å². The molecule has 0 spiro atoms. The van der Waals surface area contributed by atoms with Gasteiger partial charge in [-0.1, -0.05) is 30.4 Å². The lowest BCUT2D eigenvalue weighted by Crippen LogP contribution is -2.41. The number of amides is 1. The van der Waals surface area contributed by atoms with Crippen molar-refractivity contribution in [2.24, 2.45) is 17.8 Å². The highest BCUT2D eigenvalue weighted by atomic mass is 16.4. The van der Waals surface area contributed by atoms with Crippen LogP contribution in [0, 0.1) is 17.8 Å². The van der Waals surface area contributed by atoms with Crippen molar-refractivity contribution in [2.45, 2.75) is 12.8 Å². The summed E-state index contributed by atoms with van der Waals surface area (Å²) in [5.74, 6) is 0.750. The molecule has 1 amide bonds. The molecule has 3 atom stereocenters. The predicted molar refractivity (Wildman–Crippen MR) is 88.1 cm³/mol. The molecule has 23 heavy (non-hydrogen) atoms. The van der Waals surface area contributed by atoms with Crippen LogP contribution in [0.5, 0.6) is 0 Å². The minimum absolute atomic E-state index is 0.0625. The van der Waals surface area contributed by atoms with Crippen molar-refractivity contribution in [3.8, 4) is 0 Å². The average molecular weight is 314 g/mol. The first-order valence-electron chi connectivity index (χ1n) is 8.08.